The zero-order chi connectivity index (χ0) is 10.7. The molecule has 1 aromatic heterocycles. The molecule has 0 bridgehead atoms. The summed E-state index contributed by atoms with van der Waals surface area (Å²) in [6.45, 7) is 1.91. The quantitative estimate of drug-likeness (QED) is 0.789. The Labute approximate surface area is 94.3 Å². The van der Waals surface area contributed by atoms with Crippen molar-refractivity contribution in [3.05, 3.63) is 12.0 Å². The monoisotopic (exact) mass is 227 g/mol. The second kappa shape index (κ2) is 5.03. The van der Waals surface area contributed by atoms with E-state index in [0.29, 0.717) is 5.22 Å². The fourth-order valence-electron chi connectivity index (χ4n) is 1.91. The van der Waals surface area contributed by atoms with Crippen LogP contribution in [0.15, 0.2) is 15.9 Å². The van der Waals surface area contributed by atoms with Gasteiger partial charge in [-0.3, -0.25) is 0 Å². The van der Waals surface area contributed by atoms with Crippen LogP contribution in [-0.4, -0.2) is 21.4 Å². The number of aromatic nitrogens is 1. The minimum Gasteiger partial charge on any atom is -0.440 e. The topological polar surface area (TPSA) is 46.3 Å². The van der Waals surface area contributed by atoms with Crippen LogP contribution in [-0.2, 0) is 0 Å². The van der Waals surface area contributed by atoms with E-state index in [1.165, 1.54) is 12.8 Å². The molecule has 1 fully saturated rings. The largest absolute Gasteiger partial charge is 0.440 e. The molecule has 0 saturated heterocycles. The summed E-state index contributed by atoms with van der Waals surface area (Å²) in [5, 5.41) is 10.9. The minimum atomic E-state index is -0.204. The summed E-state index contributed by atoms with van der Waals surface area (Å²) in [7, 11) is 0. The third-order valence-corrected chi connectivity index (χ3v) is 4.01. The molecule has 0 aromatic carbocycles. The molecule has 2 rings (SSSR count). The number of hydrogen-bond donors (Lipinski definition) is 1. The van der Waals surface area contributed by atoms with E-state index in [9.17, 15) is 5.11 Å². The number of aliphatic hydroxyl groups is 1. The van der Waals surface area contributed by atoms with Gasteiger partial charge < -0.3 is 9.52 Å². The summed E-state index contributed by atoms with van der Waals surface area (Å²) in [5.41, 5.74) is 0.903. The Bertz CT molecular complexity index is 313. The van der Waals surface area contributed by atoms with Crippen LogP contribution in [0.4, 0.5) is 0 Å². The van der Waals surface area contributed by atoms with Crippen molar-refractivity contribution in [2.24, 2.45) is 0 Å². The fraction of sp³-hybridized carbons (Fsp3) is 0.727. The van der Waals surface area contributed by atoms with Crippen LogP contribution in [0.5, 0.6) is 0 Å². The lowest BCUT2D eigenvalue weighted by atomic mass is 10.1. The molecule has 4 heteroatoms. The first kappa shape index (κ1) is 11.0. The second-order valence-electron chi connectivity index (χ2n) is 4.12. The van der Waals surface area contributed by atoms with E-state index in [2.05, 4.69) is 4.98 Å². The molecule has 15 heavy (non-hydrogen) atoms. The summed E-state index contributed by atoms with van der Waals surface area (Å²) in [5.74, 6) is 0. The van der Waals surface area contributed by atoms with Gasteiger partial charge in [-0.15, -0.1) is 0 Å². The average molecular weight is 227 g/mol. The molecule has 1 aliphatic carbocycles. The van der Waals surface area contributed by atoms with Gasteiger partial charge in [0.05, 0.1) is 11.8 Å². The Hall–Kier alpha value is -0.480. The molecule has 0 aliphatic heterocycles. The first-order valence-corrected chi connectivity index (χ1v) is 6.40. The second-order valence-corrected chi connectivity index (χ2v) is 5.31. The lowest BCUT2D eigenvalue weighted by Crippen LogP contribution is -2.21. The predicted octanol–water partition coefficient (Wildman–Crippen LogP) is 2.77. The van der Waals surface area contributed by atoms with Crippen molar-refractivity contribution in [1.29, 1.82) is 0 Å². The van der Waals surface area contributed by atoms with Gasteiger partial charge in [0.25, 0.3) is 5.22 Å². The highest BCUT2D eigenvalue weighted by Gasteiger charge is 2.24. The summed E-state index contributed by atoms with van der Waals surface area (Å²) in [4.78, 5) is 4.26. The van der Waals surface area contributed by atoms with Gasteiger partial charge in [0.15, 0.2) is 0 Å². The van der Waals surface area contributed by atoms with Crippen LogP contribution in [0.25, 0.3) is 0 Å². The normalized spacial score (nSPS) is 27.6. The van der Waals surface area contributed by atoms with E-state index in [4.69, 9.17) is 4.42 Å². The number of hydrogen-bond acceptors (Lipinski definition) is 4. The Kier molecular flexibility index (Phi) is 3.70. The molecule has 1 aromatic rings. The molecule has 0 spiro atoms. The van der Waals surface area contributed by atoms with E-state index in [1.807, 2.05) is 6.92 Å². The number of rotatable bonds is 2. The van der Waals surface area contributed by atoms with E-state index in [0.717, 1.165) is 25.0 Å². The third kappa shape index (κ3) is 2.98. The first-order chi connectivity index (χ1) is 7.25. The van der Waals surface area contributed by atoms with Crippen molar-refractivity contribution in [3.8, 4) is 0 Å². The lowest BCUT2D eigenvalue weighted by molar-refractivity contribution is 0.163. The first-order valence-electron chi connectivity index (χ1n) is 5.52. The molecule has 3 nitrogen and oxygen atoms in total. The van der Waals surface area contributed by atoms with Gasteiger partial charge in [-0.05, 0) is 19.8 Å². The van der Waals surface area contributed by atoms with Crippen molar-refractivity contribution in [1.82, 2.24) is 4.98 Å². The number of nitrogens with zero attached hydrogens (tertiary/aromatic N) is 1. The van der Waals surface area contributed by atoms with Crippen LogP contribution >= 0.6 is 11.8 Å². The SMILES string of the molecule is Cc1coc(SC2CCCCCC2O)n1. The molecule has 84 valence electrons. The predicted molar refractivity (Wildman–Crippen MR) is 60.0 cm³/mol. The Morgan fingerprint density at radius 1 is 1.40 bits per heavy atom. The molecule has 2 atom stereocenters. The van der Waals surface area contributed by atoms with E-state index >= 15 is 0 Å². The maximum atomic E-state index is 9.93. The van der Waals surface area contributed by atoms with Crippen molar-refractivity contribution in [2.75, 3.05) is 0 Å². The zero-order valence-corrected chi connectivity index (χ0v) is 9.80. The highest BCUT2D eigenvalue weighted by molar-refractivity contribution is 7.99. The van der Waals surface area contributed by atoms with Crippen LogP contribution in [0.2, 0.25) is 0 Å². The average Bonchev–Trinajstić information content (AvgIpc) is 2.50. The Balaban J connectivity index is 1.97. The van der Waals surface area contributed by atoms with E-state index in [-0.39, 0.29) is 11.4 Å². The van der Waals surface area contributed by atoms with Gasteiger partial charge in [-0.25, -0.2) is 4.98 Å². The number of oxazole rings is 1. The summed E-state index contributed by atoms with van der Waals surface area (Å²) >= 11 is 1.58. The summed E-state index contributed by atoms with van der Waals surface area (Å²) in [6.07, 6.45) is 7.01. The summed E-state index contributed by atoms with van der Waals surface area (Å²) in [6, 6.07) is 0. The summed E-state index contributed by atoms with van der Waals surface area (Å²) < 4.78 is 5.30. The van der Waals surface area contributed by atoms with Gasteiger partial charge >= 0.3 is 0 Å². The van der Waals surface area contributed by atoms with Gasteiger partial charge in [-0.2, -0.15) is 0 Å². The van der Waals surface area contributed by atoms with Crippen LogP contribution in [0, 0.1) is 6.92 Å². The molecule has 1 N–H and O–H groups in total. The maximum Gasteiger partial charge on any atom is 0.256 e. The van der Waals surface area contributed by atoms with Gasteiger partial charge in [-0.1, -0.05) is 31.0 Å². The molecule has 1 saturated carbocycles. The molecule has 1 aliphatic rings. The lowest BCUT2D eigenvalue weighted by Gasteiger charge is -2.17. The highest BCUT2D eigenvalue weighted by Crippen LogP contribution is 2.32. The Morgan fingerprint density at radius 3 is 2.93 bits per heavy atom. The van der Waals surface area contributed by atoms with Crippen molar-refractivity contribution >= 4 is 11.8 Å². The molecule has 1 heterocycles. The number of aryl methyl sites for hydroxylation is 1. The number of aliphatic hydroxyl groups excluding tert-OH is 1. The van der Waals surface area contributed by atoms with Crippen molar-refractivity contribution < 1.29 is 9.52 Å². The van der Waals surface area contributed by atoms with E-state index < -0.39 is 0 Å². The third-order valence-electron chi connectivity index (χ3n) is 2.77. The van der Waals surface area contributed by atoms with Gasteiger partial charge in [0, 0.05) is 5.25 Å². The van der Waals surface area contributed by atoms with Gasteiger partial charge in [0.1, 0.15) is 6.26 Å². The fourth-order valence-corrected chi connectivity index (χ4v) is 3.04. The minimum absolute atomic E-state index is 0.204. The Morgan fingerprint density at radius 2 is 2.20 bits per heavy atom. The van der Waals surface area contributed by atoms with Crippen molar-refractivity contribution in [3.63, 3.8) is 0 Å². The standard InChI is InChI=1S/C11H17NO2S/c1-8-7-14-11(12-8)15-10-6-4-2-3-5-9(10)13/h7,9-10,13H,2-6H2,1H3. The van der Waals surface area contributed by atoms with Crippen LogP contribution in [0.3, 0.4) is 0 Å². The van der Waals surface area contributed by atoms with Crippen LogP contribution < -0.4 is 0 Å². The van der Waals surface area contributed by atoms with Crippen molar-refractivity contribution in [2.45, 2.75) is 55.6 Å². The maximum absolute atomic E-state index is 9.93. The molecule has 0 radical (unpaired) electrons. The molecular weight excluding hydrogens is 210 g/mol. The van der Waals surface area contributed by atoms with Crippen LogP contribution in [0.1, 0.15) is 37.8 Å². The smallest absolute Gasteiger partial charge is 0.256 e. The molecule has 2 unspecified atom stereocenters. The number of thioether (sulfide) groups is 1. The van der Waals surface area contributed by atoms with Gasteiger partial charge in [0.2, 0.25) is 0 Å². The molecule has 0 amide bonds. The highest BCUT2D eigenvalue weighted by atomic mass is 32.2. The van der Waals surface area contributed by atoms with E-state index in [1.54, 1.807) is 18.0 Å². The zero-order valence-electron chi connectivity index (χ0n) is 8.98. The molecular formula is C11H17NO2S.